The van der Waals surface area contributed by atoms with Crippen molar-refractivity contribution in [1.29, 1.82) is 5.41 Å². The zero-order chi connectivity index (χ0) is 19.4. The number of fused-ring (bicyclic) bond motifs is 2. The van der Waals surface area contributed by atoms with Gasteiger partial charge in [-0.25, -0.2) is 4.79 Å². The Labute approximate surface area is 155 Å². The molecule has 27 heavy (non-hydrogen) atoms. The second-order valence-corrected chi connectivity index (χ2v) is 8.10. The molecule has 2 atom stereocenters. The van der Waals surface area contributed by atoms with Crippen LogP contribution in [-0.2, 0) is 20.2 Å². The summed E-state index contributed by atoms with van der Waals surface area (Å²) >= 11 is 0. The van der Waals surface area contributed by atoms with Crippen molar-refractivity contribution in [1.82, 2.24) is 20.4 Å². The summed E-state index contributed by atoms with van der Waals surface area (Å²) in [6.45, 7) is 0.262. The maximum absolute atomic E-state index is 12.5. The molecular formula is C14H20N6O6S. The van der Waals surface area contributed by atoms with E-state index in [1.807, 2.05) is 0 Å². The molecule has 2 aliphatic heterocycles. The van der Waals surface area contributed by atoms with Crippen molar-refractivity contribution in [2.75, 3.05) is 6.54 Å². The van der Waals surface area contributed by atoms with Crippen LogP contribution in [0.1, 0.15) is 49.6 Å². The summed E-state index contributed by atoms with van der Waals surface area (Å²) in [5, 5.41) is 15.2. The molecule has 0 unspecified atom stereocenters. The molecule has 2 amide bonds. The standard InChI is InChI=1S/C14H20N6O6S/c15-12(16)17-14(4-1-5-14)11-6-9(18-25-11)10-3-2-8-7-19(10)13(21)20(8)26-27(22,23)24/h6,8,10H,1-5,7H2,(H4,15,16,17)(H,22,23,24)/t8-,10+/m1/s1. The van der Waals surface area contributed by atoms with Gasteiger partial charge in [0.05, 0.1) is 12.1 Å². The maximum atomic E-state index is 12.5. The zero-order valence-corrected chi connectivity index (χ0v) is 15.1. The maximum Gasteiger partial charge on any atom is 0.418 e. The van der Waals surface area contributed by atoms with Crippen molar-refractivity contribution in [2.24, 2.45) is 5.73 Å². The van der Waals surface area contributed by atoms with Crippen LogP contribution in [0.2, 0.25) is 0 Å². The Morgan fingerprint density at radius 2 is 2.22 bits per heavy atom. The van der Waals surface area contributed by atoms with E-state index >= 15 is 0 Å². The molecule has 3 heterocycles. The highest BCUT2D eigenvalue weighted by Crippen LogP contribution is 2.44. The average molecular weight is 400 g/mol. The normalized spacial score (nSPS) is 26.8. The molecule has 1 saturated carbocycles. The highest BCUT2D eigenvalue weighted by atomic mass is 32.3. The van der Waals surface area contributed by atoms with Crippen molar-refractivity contribution in [2.45, 2.75) is 49.7 Å². The molecular weight excluding hydrogens is 380 g/mol. The van der Waals surface area contributed by atoms with Gasteiger partial charge in [0.1, 0.15) is 11.2 Å². The van der Waals surface area contributed by atoms with E-state index in [4.69, 9.17) is 20.2 Å². The van der Waals surface area contributed by atoms with E-state index in [0.29, 0.717) is 29.4 Å². The first-order valence-electron chi connectivity index (χ1n) is 8.55. The monoisotopic (exact) mass is 400 g/mol. The minimum Gasteiger partial charge on any atom is -0.370 e. The van der Waals surface area contributed by atoms with Crippen LogP contribution in [0.25, 0.3) is 0 Å². The number of carbonyl (C=O) groups is 1. The second kappa shape index (κ2) is 6.07. The predicted molar refractivity (Wildman–Crippen MR) is 89.4 cm³/mol. The number of nitrogens with zero attached hydrogens (tertiary/aromatic N) is 3. The second-order valence-electron chi connectivity index (χ2n) is 7.10. The lowest BCUT2D eigenvalue weighted by Gasteiger charge is -2.40. The highest BCUT2D eigenvalue weighted by Gasteiger charge is 2.49. The predicted octanol–water partition coefficient (Wildman–Crippen LogP) is 0.212. The topological polar surface area (TPSA) is 175 Å². The minimum atomic E-state index is -4.78. The number of guanidine groups is 1. The van der Waals surface area contributed by atoms with Crippen molar-refractivity contribution in [3.05, 3.63) is 17.5 Å². The molecule has 5 N–H and O–H groups in total. The summed E-state index contributed by atoms with van der Waals surface area (Å²) in [6.07, 6.45) is 3.51. The van der Waals surface area contributed by atoms with Gasteiger partial charge < -0.3 is 20.5 Å². The molecule has 0 spiro atoms. The first-order valence-corrected chi connectivity index (χ1v) is 9.91. The SMILES string of the molecule is N=C(N)NC1(c2cc([C@@H]3CC[C@@H]4CN3C(=O)N4OS(=O)(=O)O)no2)CCC1. The first kappa shape index (κ1) is 18.0. The van der Waals surface area contributed by atoms with E-state index in [1.54, 1.807) is 6.07 Å². The third kappa shape index (κ3) is 3.11. The average Bonchev–Trinajstić information content (AvgIpc) is 3.11. The van der Waals surface area contributed by atoms with Gasteiger partial charge in [-0.15, -0.1) is 4.28 Å². The molecule has 148 valence electrons. The van der Waals surface area contributed by atoms with Gasteiger partial charge in [0.15, 0.2) is 11.7 Å². The van der Waals surface area contributed by atoms with Crippen LogP contribution in [0.15, 0.2) is 10.6 Å². The zero-order valence-electron chi connectivity index (χ0n) is 14.3. The van der Waals surface area contributed by atoms with Crippen molar-refractivity contribution >= 4 is 22.4 Å². The van der Waals surface area contributed by atoms with Gasteiger partial charge in [0, 0.05) is 12.6 Å². The molecule has 13 heteroatoms. The summed E-state index contributed by atoms with van der Waals surface area (Å²) in [5.41, 5.74) is 5.47. The Hall–Kier alpha value is -2.38. The number of hydrogen-bond donors (Lipinski definition) is 4. The Kier molecular flexibility index (Phi) is 4.05. The first-order chi connectivity index (χ1) is 12.7. The van der Waals surface area contributed by atoms with Crippen LogP contribution in [0.3, 0.4) is 0 Å². The van der Waals surface area contributed by atoms with Crippen molar-refractivity contribution < 1.29 is 26.6 Å². The molecule has 1 aliphatic carbocycles. The van der Waals surface area contributed by atoms with Crippen molar-refractivity contribution in [3.8, 4) is 0 Å². The van der Waals surface area contributed by atoms with Gasteiger partial charge in [-0.3, -0.25) is 9.96 Å². The molecule has 3 fully saturated rings. The molecule has 1 aromatic rings. The number of hydroxylamine groups is 2. The summed E-state index contributed by atoms with van der Waals surface area (Å²) in [7, 11) is -4.78. The number of nitrogens with one attached hydrogen (secondary N) is 2. The van der Waals surface area contributed by atoms with Crippen molar-refractivity contribution in [3.63, 3.8) is 0 Å². The minimum absolute atomic E-state index is 0.152. The van der Waals surface area contributed by atoms with E-state index in [-0.39, 0.29) is 12.5 Å². The number of nitrogens with two attached hydrogens (primary N) is 1. The summed E-state index contributed by atoms with van der Waals surface area (Å²) in [4.78, 5) is 14.0. The van der Waals surface area contributed by atoms with Crippen LogP contribution in [-0.4, -0.2) is 52.7 Å². The van der Waals surface area contributed by atoms with Crippen LogP contribution >= 0.6 is 0 Å². The fourth-order valence-corrected chi connectivity index (χ4v) is 4.42. The summed E-state index contributed by atoms with van der Waals surface area (Å²) < 4.78 is 40.7. The molecule has 2 saturated heterocycles. The van der Waals surface area contributed by atoms with E-state index < -0.39 is 34.1 Å². The fourth-order valence-electron chi connectivity index (χ4n) is 4.03. The third-order valence-corrected chi connectivity index (χ3v) is 5.77. The van der Waals surface area contributed by atoms with E-state index in [9.17, 15) is 13.2 Å². The number of urea groups is 1. The van der Waals surface area contributed by atoms with Gasteiger partial charge in [-0.2, -0.15) is 13.5 Å². The number of aromatic nitrogens is 1. The van der Waals surface area contributed by atoms with Crippen LogP contribution < -0.4 is 11.1 Å². The molecule has 0 radical (unpaired) electrons. The number of piperidine rings is 1. The van der Waals surface area contributed by atoms with E-state index in [1.165, 1.54) is 4.90 Å². The summed E-state index contributed by atoms with van der Waals surface area (Å²) in [5.74, 6) is 0.402. The van der Waals surface area contributed by atoms with Gasteiger partial charge in [0.25, 0.3) is 0 Å². The molecule has 3 aliphatic rings. The molecule has 1 aromatic heterocycles. The Bertz CT molecular complexity index is 880. The Morgan fingerprint density at radius 1 is 1.48 bits per heavy atom. The molecule has 0 aromatic carbocycles. The Balaban J connectivity index is 1.55. The Morgan fingerprint density at radius 3 is 2.81 bits per heavy atom. The largest absolute Gasteiger partial charge is 0.418 e. The van der Waals surface area contributed by atoms with Crippen LogP contribution in [0.5, 0.6) is 0 Å². The van der Waals surface area contributed by atoms with E-state index in [2.05, 4.69) is 14.8 Å². The fraction of sp³-hybridized carbons (Fsp3) is 0.643. The van der Waals surface area contributed by atoms with Gasteiger partial charge in [0.2, 0.25) is 0 Å². The lowest BCUT2D eigenvalue weighted by atomic mass is 9.74. The van der Waals surface area contributed by atoms with E-state index in [0.717, 1.165) is 19.3 Å². The molecule has 4 rings (SSSR count). The molecule has 12 nitrogen and oxygen atoms in total. The lowest BCUT2D eigenvalue weighted by Crippen LogP contribution is -2.52. The van der Waals surface area contributed by atoms with Gasteiger partial charge in [-0.05, 0) is 32.1 Å². The number of hydrogen-bond acceptors (Lipinski definition) is 7. The summed E-state index contributed by atoms with van der Waals surface area (Å²) in [6, 6.07) is 0.250. The van der Waals surface area contributed by atoms with Crippen LogP contribution in [0.4, 0.5) is 4.79 Å². The smallest absolute Gasteiger partial charge is 0.370 e. The lowest BCUT2D eigenvalue weighted by molar-refractivity contribution is -0.0317. The number of amides is 2. The number of carbonyl (C=O) groups excluding carboxylic acids is 1. The third-order valence-electron chi connectivity index (χ3n) is 5.42. The highest BCUT2D eigenvalue weighted by molar-refractivity contribution is 7.80. The van der Waals surface area contributed by atoms with Gasteiger partial charge in [-0.1, -0.05) is 5.16 Å². The molecule has 2 bridgehead atoms. The number of rotatable bonds is 5. The quantitative estimate of drug-likeness (QED) is 0.306. The van der Waals surface area contributed by atoms with Gasteiger partial charge >= 0.3 is 16.4 Å². The van der Waals surface area contributed by atoms with Crippen LogP contribution in [0, 0.1) is 5.41 Å².